The molecule has 1 aromatic rings. The van der Waals surface area contributed by atoms with Gasteiger partial charge in [0.15, 0.2) is 0 Å². The van der Waals surface area contributed by atoms with Gasteiger partial charge in [-0.05, 0) is 25.3 Å². The average molecular weight is 391 g/mol. The number of pyridine rings is 1. The quantitative estimate of drug-likeness (QED) is 0.855. The van der Waals surface area contributed by atoms with Crippen molar-refractivity contribution in [3.63, 3.8) is 0 Å². The highest BCUT2D eigenvalue weighted by Crippen LogP contribution is 2.26. The van der Waals surface area contributed by atoms with Gasteiger partial charge in [0.1, 0.15) is 11.6 Å². The Morgan fingerprint density at radius 2 is 1.96 bits per heavy atom. The van der Waals surface area contributed by atoms with Crippen LogP contribution in [0.25, 0.3) is 0 Å². The van der Waals surface area contributed by atoms with Crippen LogP contribution in [0.15, 0.2) is 18.3 Å². The molecule has 2 aliphatic rings. The molecule has 1 aliphatic heterocycles. The standard InChI is InChI=1S/C17H26N4O2.2ClH/c1-23-15-5-6-19-16(12-15)20-7-9-21(10-8-20)17(22)13-3-2-4-14(18)11-13;;/h5-6,12-14H,2-4,7-11,18H2,1H3;2*1H. The monoisotopic (exact) mass is 390 g/mol. The van der Waals surface area contributed by atoms with Gasteiger partial charge in [-0.15, -0.1) is 24.8 Å². The van der Waals surface area contributed by atoms with Crippen LogP contribution in [0.3, 0.4) is 0 Å². The lowest BCUT2D eigenvalue weighted by Crippen LogP contribution is -2.51. The zero-order valence-electron chi connectivity index (χ0n) is 14.6. The Morgan fingerprint density at radius 3 is 2.60 bits per heavy atom. The number of halogens is 2. The molecule has 1 amide bonds. The van der Waals surface area contributed by atoms with Crippen LogP contribution in [0.4, 0.5) is 5.82 Å². The Labute approximate surface area is 161 Å². The third kappa shape index (κ3) is 5.36. The summed E-state index contributed by atoms with van der Waals surface area (Å²) in [5, 5.41) is 0. The SMILES string of the molecule is COc1ccnc(N2CCN(C(=O)C3CCCC(N)C3)CC2)c1.Cl.Cl. The molecule has 25 heavy (non-hydrogen) atoms. The number of hydrogen-bond acceptors (Lipinski definition) is 5. The van der Waals surface area contributed by atoms with Crippen molar-refractivity contribution in [3.05, 3.63) is 18.3 Å². The van der Waals surface area contributed by atoms with Crippen molar-refractivity contribution in [2.24, 2.45) is 11.7 Å². The van der Waals surface area contributed by atoms with Crippen LogP contribution >= 0.6 is 24.8 Å². The molecule has 0 aromatic carbocycles. The van der Waals surface area contributed by atoms with Crippen molar-refractivity contribution in [1.82, 2.24) is 9.88 Å². The van der Waals surface area contributed by atoms with Gasteiger partial charge < -0.3 is 20.3 Å². The second-order valence-corrected chi connectivity index (χ2v) is 6.49. The van der Waals surface area contributed by atoms with Crippen LogP contribution in [0.1, 0.15) is 25.7 Å². The van der Waals surface area contributed by atoms with Crippen molar-refractivity contribution in [1.29, 1.82) is 0 Å². The highest BCUT2D eigenvalue weighted by Gasteiger charge is 2.30. The predicted octanol–water partition coefficient (Wildman–Crippen LogP) is 2.10. The number of nitrogens with two attached hydrogens (primary N) is 1. The number of aromatic nitrogens is 1. The van der Waals surface area contributed by atoms with E-state index in [0.29, 0.717) is 5.91 Å². The zero-order chi connectivity index (χ0) is 16.2. The Balaban J connectivity index is 0.00000156. The van der Waals surface area contributed by atoms with Crippen LogP contribution in [-0.2, 0) is 4.79 Å². The summed E-state index contributed by atoms with van der Waals surface area (Å²) in [6.45, 7) is 3.13. The summed E-state index contributed by atoms with van der Waals surface area (Å²) in [5.74, 6) is 2.14. The molecule has 6 nitrogen and oxygen atoms in total. The fourth-order valence-electron chi connectivity index (χ4n) is 3.57. The van der Waals surface area contributed by atoms with Gasteiger partial charge in [0.2, 0.25) is 5.91 Å². The first kappa shape index (κ1) is 21.8. The van der Waals surface area contributed by atoms with Crippen molar-refractivity contribution in [3.8, 4) is 5.75 Å². The molecular weight excluding hydrogens is 363 g/mol. The van der Waals surface area contributed by atoms with Gasteiger partial charge in [0, 0.05) is 50.4 Å². The van der Waals surface area contributed by atoms with Crippen molar-refractivity contribution in [2.45, 2.75) is 31.7 Å². The molecule has 0 bridgehead atoms. The smallest absolute Gasteiger partial charge is 0.225 e. The number of hydrogen-bond donors (Lipinski definition) is 1. The highest BCUT2D eigenvalue weighted by molar-refractivity contribution is 5.85. The number of nitrogens with zero attached hydrogens (tertiary/aromatic N) is 3. The molecule has 1 aromatic heterocycles. The van der Waals surface area contributed by atoms with Crippen molar-refractivity contribution in [2.75, 3.05) is 38.2 Å². The lowest BCUT2D eigenvalue weighted by Gasteiger charge is -2.38. The summed E-state index contributed by atoms with van der Waals surface area (Å²) in [6.07, 6.45) is 5.72. The molecule has 2 heterocycles. The van der Waals surface area contributed by atoms with Crippen LogP contribution in [-0.4, -0.2) is 55.1 Å². The minimum Gasteiger partial charge on any atom is -0.497 e. The van der Waals surface area contributed by atoms with Gasteiger partial charge in [-0.3, -0.25) is 4.79 Å². The summed E-state index contributed by atoms with van der Waals surface area (Å²) in [6, 6.07) is 3.98. The van der Waals surface area contributed by atoms with Gasteiger partial charge in [-0.25, -0.2) is 4.98 Å². The normalized spacial score (nSPS) is 23.3. The van der Waals surface area contributed by atoms with Gasteiger partial charge in [0.05, 0.1) is 7.11 Å². The Hall–Kier alpha value is -1.24. The first-order chi connectivity index (χ1) is 11.2. The molecule has 2 atom stereocenters. The fourth-order valence-corrected chi connectivity index (χ4v) is 3.57. The molecule has 1 saturated carbocycles. The van der Waals surface area contributed by atoms with E-state index in [2.05, 4.69) is 9.88 Å². The van der Waals surface area contributed by atoms with E-state index in [1.54, 1.807) is 13.3 Å². The third-order valence-electron chi connectivity index (χ3n) is 4.93. The second-order valence-electron chi connectivity index (χ2n) is 6.49. The fraction of sp³-hybridized carbons (Fsp3) is 0.647. The Morgan fingerprint density at radius 1 is 1.24 bits per heavy atom. The van der Waals surface area contributed by atoms with E-state index < -0.39 is 0 Å². The molecule has 2 unspecified atom stereocenters. The van der Waals surface area contributed by atoms with E-state index in [0.717, 1.165) is 63.4 Å². The summed E-state index contributed by atoms with van der Waals surface area (Å²) >= 11 is 0. The highest BCUT2D eigenvalue weighted by atomic mass is 35.5. The molecule has 142 valence electrons. The largest absolute Gasteiger partial charge is 0.497 e. The number of ether oxygens (including phenoxy) is 1. The van der Waals surface area contributed by atoms with Crippen LogP contribution < -0.4 is 15.4 Å². The summed E-state index contributed by atoms with van der Waals surface area (Å²) in [5.41, 5.74) is 6.02. The molecule has 1 aliphatic carbocycles. The maximum absolute atomic E-state index is 12.7. The van der Waals surface area contributed by atoms with Crippen molar-refractivity contribution < 1.29 is 9.53 Å². The third-order valence-corrected chi connectivity index (χ3v) is 4.93. The number of amides is 1. The van der Waals surface area contributed by atoms with E-state index in [4.69, 9.17) is 10.5 Å². The van der Waals surface area contributed by atoms with E-state index in [9.17, 15) is 4.79 Å². The van der Waals surface area contributed by atoms with Gasteiger partial charge in [0.25, 0.3) is 0 Å². The Kier molecular flexibility index (Phi) is 8.76. The number of piperazine rings is 1. The summed E-state index contributed by atoms with van der Waals surface area (Å²) in [7, 11) is 1.66. The molecule has 3 rings (SSSR count). The average Bonchev–Trinajstić information content (AvgIpc) is 2.61. The maximum Gasteiger partial charge on any atom is 0.225 e. The molecular formula is C17H28Cl2N4O2. The Bertz CT molecular complexity index is 553. The predicted molar refractivity (Wildman–Crippen MR) is 104 cm³/mol. The van der Waals surface area contributed by atoms with Gasteiger partial charge in [-0.1, -0.05) is 6.42 Å². The van der Waals surface area contributed by atoms with Crippen LogP contribution in [0.5, 0.6) is 5.75 Å². The number of rotatable bonds is 3. The van der Waals surface area contributed by atoms with Crippen LogP contribution in [0, 0.1) is 5.92 Å². The molecule has 2 N–H and O–H groups in total. The van der Waals surface area contributed by atoms with Gasteiger partial charge in [-0.2, -0.15) is 0 Å². The molecule has 0 radical (unpaired) electrons. The van der Waals surface area contributed by atoms with Crippen LogP contribution in [0.2, 0.25) is 0 Å². The topological polar surface area (TPSA) is 71.7 Å². The lowest BCUT2D eigenvalue weighted by atomic mass is 9.85. The summed E-state index contributed by atoms with van der Waals surface area (Å²) < 4.78 is 5.25. The molecule has 1 saturated heterocycles. The first-order valence-corrected chi connectivity index (χ1v) is 8.46. The minimum atomic E-state index is 0. The molecule has 0 spiro atoms. The van der Waals surface area contributed by atoms with E-state index >= 15 is 0 Å². The van der Waals surface area contributed by atoms with Crippen molar-refractivity contribution >= 4 is 36.5 Å². The number of carbonyl (C=O) groups is 1. The van der Waals surface area contributed by atoms with Gasteiger partial charge >= 0.3 is 0 Å². The van der Waals surface area contributed by atoms with E-state index in [1.807, 2.05) is 17.0 Å². The molecule has 8 heteroatoms. The first-order valence-electron chi connectivity index (χ1n) is 8.46. The zero-order valence-corrected chi connectivity index (χ0v) is 16.2. The van der Waals surface area contributed by atoms with E-state index in [-0.39, 0.29) is 36.8 Å². The number of carbonyl (C=O) groups excluding carboxylic acids is 1. The number of methoxy groups -OCH3 is 1. The maximum atomic E-state index is 12.7. The molecule has 2 fully saturated rings. The minimum absolute atomic E-state index is 0. The summed E-state index contributed by atoms with van der Waals surface area (Å²) in [4.78, 5) is 21.3. The number of anilines is 1. The second kappa shape index (κ2) is 10.0. The van der Waals surface area contributed by atoms with E-state index in [1.165, 1.54) is 0 Å². The lowest BCUT2D eigenvalue weighted by molar-refractivity contribution is -0.137.